The highest BCUT2D eigenvalue weighted by atomic mass is 16.5. The molecule has 158 valence electrons. The van der Waals surface area contributed by atoms with Crippen LogP contribution in [0.3, 0.4) is 0 Å². The Morgan fingerprint density at radius 2 is 1.84 bits per heavy atom. The van der Waals surface area contributed by atoms with Crippen molar-refractivity contribution in [1.29, 1.82) is 0 Å². The molecule has 0 fully saturated rings. The first kappa shape index (κ1) is 20.4. The van der Waals surface area contributed by atoms with Crippen LogP contribution in [0.2, 0.25) is 0 Å². The van der Waals surface area contributed by atoms with Gasteiger partial charge in [-0.2, -0.15) is 0 Å². The molecule has 7 heteroatoms. The first-order valence-corrected chi connectivity index (χ1v) is 10.0. The number of aryl methyl sites for hydroxylation is 3. The van der Waals surface area contributed by atoms with Crippen molar-refractivity contribution in [3.8, 4) is 5.75 Å². The van der Waals surface area contributed by atoms with Gasteiger partial charge in [-0.3, -0.25) is 10.1 Å². The van der Waals surface area contributed by atoms with Gasteiger partial charge in [-0.25, -0.2) is 9.67 Å². The Morgan fingerprint density at radius 1 is 1.06 bits per heavy atom. The van der Waals surface area contributed by atoms with Crippen LogP contribution in [0.25, 0.3) is 0 Å². The number of furan rings is 1. The lowest BCUT2D eigenvalue weighted by molar-refractivity contribution is 0.0991. The molecular formula is C24H24N4O3. The predicted molar refractivity (Wildman–Crippen MR) is 117 cm³/mol. The average Bonchev–Trinajstić information content (AvgIpc) is 3.37. The number of rotatable bonds is 7. The first-order valence-electron chi connectivity index (χ1n) is 10.0. The minimum atomic E-state index is -0.411. The van der Waals surface area contributed by atoms with E-state index in [1.165, 1.54) is 5.56 Å². The molecule has 1 N–H and O–H groups in total. The maximum Gasteiger partial charge on any atom is 0.293 e. The fourth-order valence-corrected chi connectivity index (χ4v) is 3.34. The number of nitrogens with zero attached hydrogens (tertiary/aromatic N) is 3. The fraction of sp³-hybridized carbons (Fsp3) is 0.208. The van der Waals surface area contributed by atoms with Crippen molar-refractivity contribution in [3.05, 3.63) is 94.7 Å². The average molecular weight is 416 g/mol. The third-order valence-corrected chi connectivity index (χ3v) is 4.84. The Balaban J connectivity index is 1.35. The summed E-state index contributed by atoms with van der Waals surface area (Å²) in [5.74, 6) is 1.38. The Hall–Kier alpha value is -3.87. The summed E-state index contributed by atoms with van der Waals surface area (Å²) in [5, 5.41) is 6.97. The lowest BCUT2D eigenvalue weighted by Gasteiger charge is -2.10. The number of aromatic nitrogens is 3. The van der Waals surface area contributed by atoms with E-state index in [1.54, 1.807) is 23.1 Å². The van der Waals surface area contributed by atoms with Gasteiger partial charge >= 0.3 is 0 Å². The summed E-state index contributed by atoms with van der Waals surface area (Å²) in [6.45, 7) is 6.84. The van der Waals surface area contributed by atoms with Gasteiger partial charge < -0.3 is 9.15 Å². The summed E-state index contributed by atoms with van der Waals surface area (Å²) < 4.78 is 13.2. The zero-order chi connectivity index (χ0) is 21.8. The summed E-state index contributed by atoms with van der Waals surface area (Å²) in [4.78, 5) is 16.6. The Morgan fingerprint density at radius 3 is 2.61 bits per heavy atom. The van der Waals surface area contributed by atoms with Crippen LogP contribution >= 0.6 is 0 Å². The van der Waals surface area contributed by atoms with Gasteiger partial charge in [0, 0.05) is 0 Å². The van der Waals surface area contributed by atoms with Crippen molar-refractivity contribution < 1.29 is 13.9 Å². The molecule has 4 aromatic rings. The number of ether oxygens (including phenoxy) is 1. The van der Waals surface area contributed by atoms with Gasteiger partial charge in [0.25, 0.3) is 5.91 Å². The SMILES string of the molecule is Cc1cccc(Cn2cnc(NC(=O)c3ccc(COc4c(C)cccc4C)o3)n2)c1. The third-order valence-electron chi connectivity index (χ3n) is 4.84. The van der Waals surface area contributed by atoms with Crippen LogP contribution in [0.15, 0.2) is 65.3 Å². The topological polar surface area (TPSA) is 82.2 Å². The van der Waals surface area contributed by atoms with E-state index >= 15 is 0 Å². The molecule has 0 saturated heterocycles. The summed E-state index contributed by atoms with van der Waals surface area (Å²) in [6.07, 6.45) is 1.59. The van der Waals surface area contributed by atoms with Gasteiger partial charge in [0.2, 0.25) is 5.95 Å². The van der Waals surface area contributed by atoms with Crippen LogP contribution in [-0.4, -0.2) is 20.7 Å². The highest BCUT2D eigenvalue weighted by Gasteiger charge is 2.14. The smallest absolute Gasteiger partial charge is 0.293 e. The second kappa shape index (κ2) is 8.87. The molecule has 4 rings (SSSR count). The van der Waals surface area contributed by atoms with E-state index in [1.807, 2.05) is 57.2 Å². The number of hydrogen-bond acceptors (Lipinski definition) is 5. The molecule has 0 spiro atoms. The highest BCUT2D eigenvalue weighted by Crippen LogP contribution is 2.24. The largest absolute Gasteiger partial charge is 0.485 e. The predicted octanol–water partition coefficient (Wildman–Crippen LogP) is 4.68. The van der Waals surface area contributed by atoms with Crippen LogP contribution in [0, 0.1) is 20.8 Å². The zero-order valence-corrected chi connectivity index (χ0v) is 17.8. The fourth-order valence-electron chi connectivity index (χ4n) is 3.34. The molecule has 1 amide bonds. The van der Waals surface area contributed by atoms with Crippen LogP contribution in [-0.2, 0) is 13.2 Å². The quantitative estimate of drug-likeness (QED) is 0.473. The van der Waals surface area contributed by atoms with E-state index < -0.39 is 5.91 Å². The number of nitrogens with one attached hydrogen (secondary N) is 1. The maximum atomic E-state index is 12.5. The van der Waals surface area contributed by atoms with Gasteiger partial charge in [0.1, 0.15) is 24.4 Å². The van der Waals surface area contributed by atoms with Gasteiger partial charge in [0.05, 0.1) is 6.54 Å². The van der Waals surface area contributed by atoms with Gasteiger partial charge in [-0.15, -0.1) is 5.10 Å². The van der Waals surface area contributed by atoms with Crippen LogP contribution in [0.5, 0.6) is 5.75 Å². The Labute approximate surface area is 180 Å². The molecular weight excluding hydrogens is 392 g/mol. The van der Waals surface area contributed by atoms with E-state index in [-0.39, 0.29) is 18.3 Å². The van der Waals surface area contributed by atoms with Crippen molar-refractivity contribution in [1.82, 2.24) is 14.8 Å². The number of benzene rings is 2. The molecule has 0 aliphatic rings. The zero-order valence-electron chi connectivity index (χ0n) is 17.8. The minimum Gasteiger partial charge on any atom is -0.485 e. The molecule has 0 saturated carbocycles. The number of para-hydroxylation sites is 1. The maximum absolute atomic E-state index is 12.5. The molecule has 0 radical (unpaired) electrons. The second-order valence-corrected chi connectivity index (χ2v) is 7.48. The van der Waals surface area contributed by atoms with E-state index in [2.05, 4.69) is 21.5 Å². The van der Waals surface area contributed by atoms with E-state index in [0.717, 1.165) is 22.4 Å². The van der Waals surface area contributed by atoms with E-state index in [9.17, 15) is 4.79 Å². The summed E-state index contributed by atoms with van der Waals surface area (Å²) in [5.41, 5.74) is 4.40. The van der Waals surface area contributed by atoms with Crippen molar-refractivity contribution >= 4 is 11.9 Å². The molecule has 0 atom stereocenters. The second-order valence-electron chi connectivity index (χ2n) is 7.48. The third kappa shape index (κ3) is 5.01. The molecule has 7 nitrogen and oxygen atoms in total. The molecule has 0 bridgehead atoms. The summed E-state index contributed by atoms with van der Waals surface area (Å²) in [7, 11) is 0. The first-order chi connectivity index (χ1) is 15.0. The minimum absolute atomic E-state index is 0.176. The molecule has 0 aliphatic carbocycles. The number of amides is 1. The summed E-state index contributed by atoms with van der Waals surface area (Å²) in [6, 6.07) is 17.5. The molecule has 0 unspecified atom stereocenters. The number of carbonyl (C=O) groups is 1. The van der Waals surface area contributed by atoms with Crippen molar-refractivity contribution in [3.63, 3.8) is 0 Å². The van der Waals surface area contributed by atoms with Crippen LogP contribution < -0.4 is 10.1 Å². The van der Waals surface area contributed by atoms with Gasteiger partial charge in [-0.1, -0.05) is 48.0 Å². The van der Waals surface area contributed by atoms with Crippen molar-refractivity contribution in [2.24, 2.45) is 0 Å². The Kier molecular flexibility index (Phi) is 5.84. The van der Waals surface area contributed by atoms with Crippen molar-refractivity contribution in [2.75, 3.05) is 5.32 Å². The van der Waals surface area contributed by atoms with E-state index in [4.69, 9.17) is 9.15 Å². The molecule has 2 heterocycles. The number of carbonyl (C=O) groups excluding carboxylic acids is 1. The lowest BCUT2D eigenvalue weighted by atomic mass is 10.1. The van der Waals surface area contributed by atoms with Crippen molar-refractivity contribution in [2.45, 2.75) is 33.9 Å². The van der Waals surface area contributed by atoms with E-state index in [0.29, 0.717) is 12.3 Å². The van der Waals surface area contributed by atoms with Crippen LogP contribution in [0.1, 0.15) is 38.6 Å². The monoisotopic (exact) mass is 416 g/mol. The molecule has 2 aromatic carbocycles. The molecule has 31 heavy (non-hydrogen) atoms. The molecule has 2 aromatic heterocycles. The van der Waals surface area contributed by atoms with Crippen LogP contribution in [0.4, 0.5) is 5.95 Å². The highest BCUT2D eigenvalue weighted by molar-refractivity contribution is 6.01. The number of hydrogen-bond donors (Lipinski definition) is 1. The number of anilines is 1. The molecule has 0 aliphatic heterocycles. The lowest BCUT2D eigenvalue weighted by Crippen LogP contribution is -2.12. The van der Waals surface area contributed by atoms with Gasteiger partial charge in [0.15, 0.2) is 5.76 Å². The standard InChI is InChI=1S/C24H24N4O3/c1-16-6-4-9-19(12-16)13-28-15-25-24(27-28)26-23(29)21-11-10-20(31-21)14-30-22-17(2)7-5-8-18(22)3/h4-12,15H,13-14H2,1-3H3,(H,26,27,29). The Bertz CT molecular complexity index is 1190. The van der Waals surface area contributed by atoms with Gasteiger partial charge in [-0.05, 0) is 49.6 Å². The normalized spacial score (nSPS) is 10.8. The summed E-state index contributed by atoms with van der Waals surface area (Å²) >= 11 is 0.